The molecule has 108 valence electrons. The lowest BCUT2D eigenvalue weighted by molar-refractivity contribution is 0.0620. The van der Waals surface area contributed by atoms with E-state index in [4.69, 9.17) is 5.11 Å². The van der Waals surface area contributed by atoms with Gasteiger partial charge in [-0.25, -0.2) is 0 Å². The van der Waals surface area contributed by atoms with Crippen molar-refractivity contribution in [2.75, 3.05) is 13.7 Å². The van der Waals surface area contributed by atoms with Gasteiger partial charge in [0.05, 0.1) is 17.7 Å². The van der Waals surface area contributed by atoms with Crippen LogP contribution in [-0.2, 0) is 0 Å². The summed E-state index contributed by atoms with van der Waals surface area (Å²) in [6.07, 6.45) is 4.44. The van der Waals surface area contributed by atoms with Gasteiger partial charge in [-0.1, -0.05) is 18.8 Å². The lowest BCUT2D eigenvalue weighted by Gasteiger charge is -2.35. The standard InChI is InChI=1S/C16H22N2O2/c1-5-16(2,3)18(4)15(20)14-9-10-17-12-13(14)8-6-7-11-19/h9-10,12,19H,5,7,11H2,1-4H3. The van der Waals surface area contributed by atoms with Gasteiger partial charge < -0.3 is 10.0 Å². The molecule has 1 aromatic heterocycles. The first-order valence-electron chi connectivity index (χ1n) is 6.76. The van der Waals surface area contributed by atoms with Crippen molar-refractivity contribution in [1.29, 1.82) is 0 Å². The molecule has 0 spiro atoms. The fourth-order valence-corrected chi connectivity index (χ4v) is 1.59. The van der Waals surface area contributed by atoms with Gasteiger partial charge in [0.25, 0.3) is 5.91 Å². The lowest BCUT2D eigenvalue weighted by Crippen LogP contribution is -2.44. The molecule has 20 heavy (non-hydrogen) atoms. The first kappa shape index (κ1) is 16.2. The fraction of sp³-hybridized carbons (Fsp3) is 0.500. The van der Waals surface area contributed by atoms with E-state index >= 15 is 0 Å². The van der Waals surface area contributed by atoms with Gasteiger partial charge in [0.15, 0.2) is 0 Å². The predicted molar refractivity (Wildman–Crippen MR) is 79.3 cm³/mol. The SMILES string of the molecule is CCC(C)(C)N(C)C(=O)c1ccncc1C#CCCO. The van der Waals surface area contributed by atoms with E-state index in [-0.39, 0.29) is 18.1 Å². The minimum atomic E-state index is -0.212. The number of aliphatic hydroxyl groups excluding tert-OH is 1. The third-order valence-corrected chi connectivity index (χ3v) is 3.59. The summed E-state index contributed by atoms with van der Waals surface area (Å²) in [4.78, 5) is 18.3. The number of carbonyl (C=O) groups excluding carboxylic acids is 1. The number of aliphatic hydroxyl groups is 1. The zero-order valence-electron chi connectivity index (χ0n) is 12.6. The average molecular weight is 274 g/mol. The van der Waals surface area contributed by atoms with E-state index in [0.29, 0.717) is 17.5 Å². The Bertz CT molecular complexity index is 527. The maximum atomic E-state index is 12.6. The molecule has 4 nitrogen and oxygen atoms in total. The van der Waals surface area contributed by atoms with Gasteiger partial charge in [0.1, 0.15) is 0 Å². The Morgan fingerprint density at radius 1 is 1.50 bits per heavy atom. The molecular weight excluding hydrogens is 252 g/mol. The highest BCUT2D eigenvalue weighted by molar-refractivity contribution is 5.96. The molecule has 1 heterocycles. The summed E-state index contributed by atoms with van der Waals surface area (Å²) in [5.74, 6) is 5.66. The molecule has 0 aliphatic carbocycles. The van der Waals surface area contributed by atoms with Gasteiger partial charge >= 0.3 is 0 Å². The Hall–Kier alpha value is -1.86. The first-order chi connectivity index (χ1) is 9.44. The number of hydrogen-bond donors (Lipinski definition) is 1. The van der Waals surface area contributed by atoms with Crippen LogP contribution in [0.2, 0.25) is 0 Å². The van der Waals surface area contributed by atoms with E-state index in [0.717, 1.165) is 6.42 Å². The summed E-state index contributed by atoms with van der Waals surface area (Å²) in [5.41, 5.74) is 0.940. The number of rotatable bonds is 4. The second-order valence-corrected chi connectivity index (χ2v) is 5.23. The molecule has 0 aromatic carbocycles. The third kappa shape index (κ3) is 3.82. The molecular formula is C16H22N2O2. The van der Waals surface area contributed by atoms with E-state index in [9.17, 15) is 4.79 Å². The van der Waals surface area contributed by atoms with Crippen molar-refractivity contribution in [2.24, 2.45) is 0 Å². The van der Waals surface area contributed by atoms with Crippen molar-refractivity contribution in [1.82, 2.24) is 9.88 Å². The number of amides is 1. The number of carbonyl (C=O) groups is 1. The molecule has 0 atom stereocenters. The lowest BCUT2D eigenvalue weighted by atomic mass is 9.98. The summed E-state index contributed by atoms with van der Waals surface area (Å²) >= 11 is 0. The molecule has 0 saturated heterocycles. The van der Waals surface area contributed by atoms with Crippen LogP contribution in [0.25, 0.3) is 0 Å². The van der Waals surface area contributed by atoms with Gasteiger partial charge in [-0.15, -0.1) is 0 Å². The van der Waals surface area contributed by atoms with Gasteiger partial charge in [-0.3, -0.25) is 9.78 Å². The van der Waals surface area contributed by atoms with Crippen LogP contribution in [0.5, 0.6) is 0 Å². The molecule has 0 bridgehead atoms. The van der Waals surface area contributed by atoms with E-state index in [1.807, 2.05) is 13.8 Å². The van der Waals surface area contributed by atoms with E-state index in [2.05, 4.69) is 23.7 Å². The van der Waals surface area contributed by atoms with Crippen molar-refractivity contribution >= 4 is 5.91 Å². The number of hydrogen-bond acceptors (Lipinski definition) is 3. The second-order valence-electron chi connectivity index (χ2n) is 5.23. The molecule has 1 aromatic rings. The summed E-state index contributed by atoms with van der Waals surface area (Å²) in [6.45, 7) is 6.13. The largest absolute Gasteiger partial charge is 0.395 e. The van der Waals surface area contributed by atoms with Crippen LogP contribution in [0.3, 0.4) is 0 Å². The molecule has 0 aliphatic rings. The normalized spacial score (nSPS) is 10.7. The molecule has 4 heteroatoms. The maximum absolute atomic E-state index is 12.6. The van der Waals surface area contributed by atoms with Crippen LogP contribution >= 0.6 is 0 Å². The molecule has 0 aliphatic heterocycles. The van der Waals surface area contributed by atoms with Crippen molar-refractivity contribution in [3.05, 3.63) is 29.6 Å². The quantitative estimate of drug-likeness (QED) is 0.855. The average Bonchev–Trinajstić information content (AvgIpc) is 2.46. The number of nitrogens with zero attached hydrogens (tertiary/aromatic N) is 2. The van der Waals surface area contributed by atoms with Crippen molar-refractivity contribution in [3.8, 4) is 11.8 Å². The van der Waals surface area contributed by atoms with Gasteiger partial charge in [-0.05, 0) is 26.3 Å². The van der Waals surface area contributed by atoms with Crippen LogP contribution in [0, 0.1) is 11.8 Å². The number of pyridine rings is 1. The van der Waals surface area contributed by atoms with E-state index in [1.54, 1.807) is 30.4 Å². The molecule has 1 amide bonds. The summed E-state index contributed by atoms with van der Waals surface area (Å²) in [7, 11) is 1.80. The smallest absolute Gasteiger partial charge is 0.255 e. The Labute approximate surface area is 120 Å². The number of aromatic nitrogens is 1. The van der Waals surface area contributed by atoms with Crippen LogP contribution in [0.15, 0.2) is 18.5 Å². The van der Waals surface area contributed by atoms with Crippen LogP contribution in [-0.4, -0.2) is 40.1 Å². The molecule has 0 radical (unpaired) electrons. The molecule has 0 saturated carbocycles. The van der Waals surface area contributed by atoms with Gasteiger partial charge in [-0.2, -0.15) is 0 Å². The molecule has 1 N–H and O–H groups in total. The van der Waals surface area contributed by atoms with Gasteiger partial charge in [0, 0.05) is 31.4 Å². The first-order valence-corrected chi connectivity index (χ1v) is 6.76. The van der Waals surface area contributed by atoms with Crippen molar-refractivity contribution in [2.45, 2.75) is 39.2 Å². The summed E-state index contributed by atoms with van der Waals surface area (Å²) in [6, 6.07) is 1.69. The van der Waals surface area contributed by atoms with E-state index < -0.39 is 0 Å². The topological polar surface area (TPSA) is 53.4 Å². The molecule has 0 fully saturated rings. The van der Waals surface area contributed by atoms with Crippen molar-refractivity contribution in [3.63, 3.8) is 0 Å². The predicted octanol–water partition coefficient (Wildman–Crippen LogP) is 2.08. The highest BCUT2D eigenvalue weighted by atomic mass is 16.2. The summed E-state index contributed by atoms with van der Waals surface area (Å²) < 4.78 is 0. The Morgan fingerprint density at radius 3 is 2.80 bits per heavy atom. The van der Waals surface area contributed by atoms with Crippen molar-refractivity contribution < 1.29 is 9.90 Å². The third-order valence-electron chi connectivity index (χ3n) is 3.59. The van der Waals surface area contributed by atoms with Gasteiger partial charge in [0.2, 0.25) is 0 Å². The highest BCUT2D eigenvalue weighted by Gasteiger charge is 2.27. The second kappa shape index (κ2) is 7.06. The zero-order chi connectivity index (χ0) is 15.2. The fourth-order valence-electron chi connectivity index (χ4n) is 1.59. The Balaban J connectivity index is 3.08. The van der Waals surface area contributed by atoms with Crippen LogP contribution < -0.4 is 0 Å². The van der Waals surface area contributed by atoms with E-state index in [1.165, 1.54) is 0 Å². The minimum absolute atomic E-state index is 0.0132. The Morgan fingerprint density at radius 2 is 2.20 bits per heavy atom. The summed E-state index contributed by atoms with van der Waals surface area (Å²) in [5, 5.41) is 8.76. The highest BCUT2D eigenvalue weighted by Crippen LogP contribution is 2.20. The van der Waals surface area contributed by atoms with Crippen LogP contribution in [0.1, 0.15) is 49.5 Å². The zero-order valence-corrected chi connectivity index (χ0v) is 12.6. The maximum Gasteiger partial charge on any atom is 0.255 e. The monoisotopic (exact) mass is 274 g/mol. The Kier molecular flexibility index (Phi) is 5.72. The minimum Gasteiger partial charge on any atom is -0.395 e. The molecule has 1 rings (SSSR count). The van der Waals surface area contributed by atoms with Crippen LogP contribution in [0.4, 0.5) is 0 Å². The molecule has 0 unspecified atom stereocenters.